The zero-order valence-electron chi connectivity index (χ0n) is 22.8. The van der Waals surface area contributed by atoms with Crippen LogP contribution in [0.5, 0.6) is 0 Å². The lowest BCUT2D eigenvalue weighted by atomic mass is 9.71. The molecule has 0 radical (unpaired) electrons. The Morgan fingerprint density at radius 3 is 2.53 bits per heavy atom. The van der Waals surface area contributed by atoms with E-state index in [0.29, 0.717) is 28.8 Å². The van der Waals surface area contributed by atoms with Crippen LogP contribution in [0.1, 0.15) is 58.4 Å². The highest BCUT2D eigenvalue weighted by Gasteiger charge is 2.41. The van der Waals surface area contributed by atoms with Crippen LogP contribution < -0.4 is 4.90 Å². The van der Waals surface area contributed by atoms with Crippen molar-refractivity contribution in [3.8, 4) is 0 Å². The molecule has 3 heterocycles. The fraction of sp³-hybridized carbons (Fsp3) is 0.552. The van der Waals surface area contributed by atoms with E-state index in [2.05, 4.69) is 9.88 Å². The van der Waals surface area contributed by atoms with Gasteiger partial charge in [-0.2, -0.15) is 0 Å². The molecule has 0 N–H and O–H groups in total. The number of halogens is 2. The van der Waals surface area contributed by atoms with Crippen molar-refractivity contribution in [1.29, 1.82) is 0 Å². The van der Waals surface area contributed by atoms with Gasteiger partial charge in [-0.05, 0) is 82.8 Å². The van der Waals surface area contributed by atoms with E-state index in [-0.39, 0.29) is 23.5 Å². The maximum atomic E-state index is 13.0. The van der Waals surface area contributed by atoms with Crippen molar-refractivity contribution in [2.75, 3.05) is 38.1 Å². The number of carbonyl (C=O) groups is 2. The first-order chi connectivity index (χ1) is 18.0. The quantitative estimate of drug-likeness (QED) is 0.422. The van der Waals surface area contributed by atoms with Crippen LogP contribution in [-0.2, 0) is 14.9 Å². The number of piperidine rings is 2. The van der Waals surface area contributed by atoms with Gasteiger partial charge in [0.15, 0.2) is 0 Å². The highest BCUT2D eigenvalue weighted by atomic mass is 35.5. The van der Waals surface area contributed by atoms with Crippen molar-refractivity contribution >= 4 is 41.0 Å². The molecule has 206 valence electrons. The molecular weight excluding hydrogens is 523 g/mol. The van der Waals surface area contributed by atoms with Crippen LogP contribution in [0.4, 0.5) is 10.6 Å². The number of benzene rings is 1. The summed E-state index contributed by atoms with van der Waals surface area (Å²) in [5.41, 5.74) is 0.319. The average molecular weight is 562 g/mol. The maximum Gasteiger partial charge on any atom is 0.410 e. The third-order valence-corrected chi connectivity index (χ3v) is 8.47. The normalized spacial score (nSPS) is 21.4. The van der Waals surface area contributed by atoms with E-state index < -0.39 is 5.60 Å². The number of rotatable bonds is 6. The van der Waals surface area contributed by atoms with Crippen molar-refractivity contribution in [3.63, 3.8) is 0 Å². The third-order valence-electron chi connectivity index (χ3n) is 7.73. The Balaban J connectivity index is 1.47. The van der Waals surface area contributed by atoms with E-state index in [0.717, 1.165) is 50.9 Å². The Morgan fingerprint density at radius 1 is 1.16 bits per heavy atom. The van der Waals surface area contributed by atoms with E-state index in [1.54, 1.807) is 11.1 Å². The Labute approximate surface area is 236 Å². The molecule has 7 nitrogen and oxygen atoms in total. The van der Waals surface area contributed by atoms with Crippen LogP contribution in [0.2, 0.25) is 10.0 Å². The summed E-state index contributed by atoms with van der Waals surface area (Å²) >= 11 is 12.7. The zero-order chi connectivity index (χ0) is 27.5. The summed E-state index contributed by atoms with van der Waals surface area (Å²) < 4.78 is 5.56. The number of nitrogens with zero attached hydrogens (tertiary/aromatic N) is 4. The van der Waals surface area contributed by atoms with Crippen LogP contribution in [-0.4, -0.2) is 71.7 Å². The fourth-order valence-electron chi connectivity index (χ4n) is 5.47. The maximum absolute atomic E-state index is 13.0. The van der Waals surface area contributed by atoms with Gasteiger partial charge < -0.3 is 14.5 Å². The summed E-state index contributed by atoms with van der Waals surface area (Å²) in [6.45, 7) is 8.89. The summed E-state index contributed by atoms with van der Waals surface area (Å²) in [4.78, 5) is 36.0. The number of carbonyl (C=O) groups excluding carboxylic acids is 2. The monoisotopic (exact) mass is 560 g/mol. The lowest BCUT2D eigenvalue weighted by Gasteiger charge is -2.44. The lowest BCUT2D eigenvalue weighted by molar-refractivity contribution is -0.120. The van der Waals surface area contributed by atoms with Gasteiger partial charge in [-0.1, -0.05) is 35.3 Å². The molecule has 2 fully saturated rings. The number of likely N-dealkylation sites (tertiary alicyclic amines) is 1. The standard InChI is InChI=1S/C29H38Cl2N4O3/c1-28(2,3)38-27(37)33(4)22-11-16-34(17-12-22)18-14-29(21-8-9-23(30)24(31)19-21)13-10-26(36)35(20-29)25-7-5-6-15-32-25/h5-9,15,19,22H,10-14,16-18,20H2,1-4H3/t29-/m1/s1. The molecule has 0 unspecified atom stereocenters. The summed E-state index contributed by atoms with van der Waals surface area (Å²) in [6, 6.07) is 11.7. The van der Waals surface area contributed by atoms with Crippen LogP contribution in [0, 0.1) is 0 Å². The van der Waals surface area contributed by atoms with Gasteiger partial charge in [0.1, 0.15) is 11.4 Å². The van der Waals surface area contributed by atoms with Gasteiger partial charge in [0.05, 0.1) is 10.0 Å². The first-order valence-corrected chi connectivity index (χ1v) is 14.1. The van der Waals surface area contributed by atoms with Crippen molar-refractivity contribution in [2.24, 2.45) is 0 Å². The van der Waals surface area contributed by atoms with Crippen molar-refractivity contribution in [3.05, 3.63) is 58.2 Å². The molecule has 1 atom stereocenters. The molecule has 2 amide bonds. The average Bonchev–Trinajstić information content (AvgIpc) is 2.89. The molecule has 2 aliphatic heterocycles. The van der Waals surface area contributed by atoms with Crippen molar-refractivity contribution in [2.45, 2.75) is 69.9 Å². The molecule has 1 aromatic carbocycles. The second-order valence-electron chi connectivity index (χ2n) is 11.5. The molecule has 0 spiro atoms. The zero-order valence-corrected chi connectivity index (χ0v) is 24.3. The Bertz CT molecular complexity index is 1130. The van der Waals surface area contributed by atoms with E-state index in [1.807, 2.05) is 69.1 Å². The van der Waals surface area contributed by atoms with Crippen molar-refractivity contribution in [1.82, 2.24) is 14.8 Å². The van der Waals surface area contributed by atoms with Crippen LogP contribution in [0.25, 0.3) is 0 Å². The summed E-state index contributed by atoms with van der Waals surface area (Å²) in [5, 5.41) is 1.05. The second kappa shape index (κ2) is 11.8. The molecule has 38 heavy (non-hydrogen) atoms. The summed E-state index contributed by atoms with van der Waals surface area (Å²) in [6.07, 6.45) is 5.30. The predicted molar refractivity (Wildman–Crippen MR) is 152 cm³/mol. The molecule has 2 aliphatic rings. The minimum Gasteiger partial charge on any atom is -0.444 e. The van der Waals surface area contributed by atoms with E-state index >= 15 is 0 Å². The number of anilines is 1. The molecule has 0 bridgehead atoms. The molecule has 2 aromatic rings. The van der Waals surface area contributed by atoms with Crippen LogP contribution in [0.15, 0.2) is 42.6 Å². The van der Waals surface area contributed by atoms with Gasteiger partial charge >= 0.3 is 6.09 Å². The van der Waals surface area contributed by atoms with E-state index in [4.69, 9.17) is 27.9 Å². The number of amides is 2. The SMILES string of the molecule is CN(C(=O)OC(C)(C)C)C1CCN(CC[C@]2(c3ccc(Cl)c(Cl)c3)CCC(=O)N(c3ccccn3)C2)CC1. The molecule has 0 aliphatic carbocycles. The van der Waals surface area contributed by atoms with Gasteiger partial charge in [-0.15, -0.1) is 0 Å². The smallest absolute Gasteiger partial charge is 0.410 e. The van der Waals surface area contributed by atoms with Crippen LogP contribution >= 0.6 is 23.2 Å². The van der Waals surface area contributed by atoms with Crippen molar-refractivity contribution < 1.29 is 14.3 Å². The molecule has 9 heteroatoms. The highest BCUT2D eigenvalue weighted by Crippen LogP contribution is 2.41. The largest absolute Gasteiger partial charge is 0.444 e. The van der Waals surface area contributed by atoms with Crippen LogP contribution in [0.3, 0.4) is 0 Å². The Morgan fingerprint density at radius 2 is 1.89 bits per heavy atom. The Kier molecular flexibility index (Phi) is 8.90. The number of hydrogen-bond acceptors (Lipinski definition) is 5. The number of hydrogen-bond donors (Lipinski definition) is 0. The first kappa shape index (κ1) is 28.7. The van der Waals surface area contributed by atoms with Gasteiger partial charge in [0.25, 0.3) is 0 Å². The van der Waals surface area contributed by atoms with E-state index in [1.165, 1.54) is 0 Å². The number of ether oxygens (including phenoxy) is 1. The Hall–Kier alpha value is -2.35. The van der Waals surface area contributed by atoms with Gasteiger partial charge in [0.2, 0.25) is 5.91 Å². The fourth-order valence-corrected chi connectivity index (χ4v) is 5.77. The lowest BCUT2D eigenvalue weighted by Crippen LogP contribution is -2.52. The van der Waals surface area contributed by atoms with E-state index in [9.17, 15) is 9.59 Å². The summed E-state index contributed by atoms with van der Waals surface area (Å²) in [5.74, 6) is 0.762. The third kappa shape index (κ3) is 6.80. The minimum absolute atomic E-state index is 0.0883. The summed E-state index contributed by atoms with van der Waals surface area (Å²) in [7, 11) is 1.83. The molecule has 2 saturated heterocycles. The molecular formula is C29H38Cl2N4O3. The number of aromatic nitrogens is 1. The van der Waals surface area contributed by atoms with Gasteiger partial charge in [-0.25, -0.2) is 9.78 Å². The van der Waals surface area contributed by atoms with Gasteiger partial charge in [0, 0.05) is 50.8 Å². The minimum atomic E-state index is -0.505. The second-order valence-corrected chi connectivity index (χ2v) is 12.3. The van der Waals surface area contributed by atoms with Gasteiger partial charge in [-0.3, -0.25) is 9.69 Å². The molecule has 0 saturated carbocycles. The predicted octanol–water partition coefficient (Wildman–Crippen LogP) is 6.17. The topological polar surface area (TPSA) is 66.0 Å². The molecule has 4 rings (SSSR count). The first-order valence-electron chi connectivity index (χ1n) is 13.3. The number of pyridine rings is 1. The molecule has 1 aromatic heterocycles. The highest BCUT2D eigenvalue weighted by molar-refractivity contribution is 6.42.